The zero-order valence-electron chi connectivity index (χ0n) is 17.7. The summed E-state index contributed by atoms with van der Waals surface area (Å²) < 4.78 is 33.7. The van der Waals surface area contributed by atoms with Crippen LogP contribution < -0.4 is 9.64 Å². The maximum Gasteiger partial charge on any atom is 0.300 e. The Kier molecular flexibility index (Phi) is 6.17. The molecule has 168 valence electrons. The second-order valence-electron chi connectivity index (χ2n) is 7.40. The molecule has 1 fully saturated rings. The number of rotatable bonds is 6. The second kappa shape index (κ2) is 9.20. The Balaban J connectivity index is 1.90. The smallest absolute Gasteiger partial charge is 0.300 e. The topological polar surface area (TPSA) is 79.7 Å². The van der Waals surface area contributed by atoms with E-state index in [0.29, 0.717) is 18.4 Å². The molecular weight excluding hydrogens is 430 g/mol. The van der Waals surface area contributed by atoms with Crippen molar-refractivity contribution in [1.82, 2.24) is 4.98 Å². The highest BCUT2D eigenvalue weighted by Crippen LogP contribution is 2.42. The Bertz CT molecular complexity index is 1240. The third-order valence-corrected chi connectivity index (χ3v) is 5.16. The first-order chi connectivity index (χ1) is 15.9. The summed E-state index contributed by atoms with van der Waals surface area (Å²) in [5.41, 5.74) is -0.0641. The van der Waals surface area contributed by atoms with E-state index in [0.717, 1.165) is 23.5 Å². The number of carbonyl (C=O) groups is 2. The number of ketones is 1. The number of aliphatic hydroxyl groups excluding tert-OH is 1. The van der Waals surface area contributed by atoms with Crippen molar-refractivity contribution < 1.29 is 28.2 Å². The number of Topliss-reactive ketones (excluding diaryl/α,β-unsaturated/α-hetero) is 1. The van der Waals surface area contributed by atoms with Crippen LogP contribution in [0.3, 0.4) is 0 Å². The van der Waals surface area contributed by atoms with E-state index >= 15 is 0 Å². The molecule has 4 rings (SSSR count). The van der Waals surface area contributed by atoms with Gasteiger partial charge in [0, 0.05) is 17.8 Å². The first-order valence-corrected chi connectivity index (χ1v) is 10.3. The Hall–Kier alpha value is -4.07. The summed E-state index contributed by atoms with van der Waals surface area (Å²) in [4.78, 5) is 31.2. The SMILES string of the molecule is CCCOc1cccc(/C(O)=C2\C(=O)C(=O)N(c3ccc(F)cc3F)C2c2ccccn2)c1. The summed E-state index contributed by atoms with van der Waals surface area (Å²) in [5, 5.41) is 11.1. The largest absolute Gasteiger partial charge is 0.507 e. The minimum atomic E-state index is -1.22. The summed E-state index contributed by atoms with van der Waals surface area (Å²) in [6.45, 7) is 2.42. The van der Waals surface area contributed by atoms with E-state index in [1.54, 1.807) is 42.5 Å². The highest BCUT2D eigenvalue weighted by Gasteiger charge is 2.48. The molecule has 1 saturated heterocycles. The van der Waals surface area contributed by atoms with Crippen LogP contribution in [-0.2, 0) is 9.59 Å². The fraction of sp³-hybridized carbons (Fsp3) is 0.160. The molecule has 1 aliphatic heterocycles. The van der Waals surface area contributed by atoms with Crippen LogP contribution in [0.4, 0.5) is 14.5 Å². The number of nitrogens with zero attached hydrogens (tertiary/aromatic N) is 2. The lowest BCUT2D eigenvalue weighted by molar-refractivity contribution is -0.132. The van der Waals surface area contributed by atoms with Gasteiger partial charge in [0.1, 0.15) is 29.2 Å². The van der Waals surface area contributed by atoms with Crippen LogP contribution in [0.1, 0.15) is 30.6 Å². The van der Waals surface area contributed by atoms with Gasteiger partial charge in [0.05, 0.1) is 23.6 Å². The summed E-state index contributed by atoms with van der Waals surface area (Å²) in [5.74, 6) is -3.88. The molecule has 0 bridgehead atoms. The van der Waals surface area contributed by atoms with Gasteiger partial charge in [0.2, 0.25) is 0 Å². The number of hydrogen-bond acceptors (Lipinski definition) is 5. The van der Waals surface area contributed by atoms with Crippen LogP contribution in [0.25, 0.3) is 5.76 Å². The number of aliphatic hydroxyl groups is 1. The van der Waals surface area contributed by atoms with Gasteiger partial charge in [0.15, 0.2) is 0 Å². The molecule has 1 atom stereocenters. The molecule has 8 heteroatoms. The number of carbonyl (C=O) groups excluding carboxylic acids is 2. The molecule has 1 aromatic heterocycles. The second-order valence-corrected chi connectivity index (χ2v) is 7.40. The summed E-state index contributed by atoms with van der Waals surface area (Å²) >= 11 is 0. The number of hydrogen-bond donors (Lipinski definition) is 1. The molecule has 1 aliphatic rings. The van der Waals surface area contributed by atoms with E-state index in [-0.39, 0.29) is 22.5 Å². The number of halogens is 2. The number of aromatic nitrogens is 1. The van der Waals surface area contributed by atoms with Gasteiger partial charge in [0.25, 0.3) is 11.7 Å². The van der Waals surface area contributed by atoms with Crippen molar-refractivity contribution in [3.63, 3.8) is 0 Å². The van der Waals surface area contributed by atoms with Crippen molar-refractivity contribution >= 4 is 23.1 Å². The fourth-order valence-electron chi connectivity index (χ4n) is 3.68. The summed E-state index contributed by atoms with van der Waals surface area (Å²) in [6, 6.07) is 12.8. The summed E-state index contributed by atoms with van der Waals surface area (Å²) in [7, 11) is 0. The monoisotopic (exact) mass is 450 g/mol. The minimum Gasteiger partial charge on any atom is -0.507 e. The van der Waals surface area contributed by atoms with E-state index in [1.807, 2.05) is 6.92 Å². The van der Waals surface area contributed by atoms with Gasteiger partial charge in [-0.05, 0) is 42.8 Å². The maximum atomic E-state index is 14.7. The Morgan fingerprint density at radius 2 is 1.91 bits per heavy atom. The standard InChI is InChI=1S/C25H20F2N2O4/c1-2-12-33-17-7-5-6-15(13-17)23(30)21-22(19-8-3-4-11-28-19)29(25(32)24(21)31)20-10-9-16(26)14-18(20)27/h3-11,13-14,22,30H,2,12H2,1H3/b23-21+. The third kappa shape index (κ3) is 4.19. The minimum absolute atomic E-state index is 0.236. The molecule has 0 spiro atoms. The normalized spacial score (nSPS) is 17.4. The van der Waals surface area contributed by atoms with Gasteiger partial charge in [-0.1, -0.05) is 25.1 Å². The van der Waals surface area contributed by atoms with Crippen molar-refractivity contribution in [2.45, 2.75) is 19.4 Å². The Labute approximate surface area is 188 Å². The van der Waals surface area contributed by atoms with Gasteiger partial charge in [-0.2, -0.15) is 0 Å². The first kappa shape index (κ1) is 22.1. The van der Waals surface area contributed by atoms with Crippen LogP contribution in [0.5, 0.6) is 5.75 Å². The van der Waals surface area contributed by atoms with Crippen LogP contribution >= 0.6 is 0 Å². The number of pyridine rings is 1. The van der Waals surface area contributed by atoms with Gasteiger partial charge >= 0.3 is 0 Å². The number of ether oxygens (including phenoxy) is 1. The predicted octanol–water partition coefficient (Wildman–Crippen LogP) is 4.77. The zero-order valence-corrected chi connectivity index (χ0v) is 17.7. The highest BCUT2D eigenvalue weighted by molar-refractivity contribution is 6.51. The fourth-order valence-corrected chi connectivity index (χ4v) is 3.68. The van der Waals surface area contributed by atoms with Crippen LogP contribution in [0.2, 0.25) is 0 Å². The van der Waals surface area contributed by atoms with Crippen molar-refractivity contribution in [3.05, 3.63) is 95.3 Å². The van der Waals surface area contributed by atoms with E-state index in [2.05, 4.69) is 4.98 Å². The predicted molar refractivity (Wildman–Crippen MR) is 118 cm³/mol. The molecule has 3 aromatic rings. The van der Waals surface area contributed by atoms with E-state index in [1.165, 1.54) is 6.20 Å². The molecular formula is C25H20F2N2O4. The van der Waals surface area contributed by atoms with Gasteiger partial charge in [-0.15, -0.1) is 0 Å². The Morgan fingerprint density at radius 1 is 1.09 bits per heavy atom. The molecule has 0 radical (unpaired) electrons. The molecule has 6 nitrogen and oxygen atoms in total. The first-order valence-electron chi connectivity index (χ1n) is 10.3. The lowest BCUT2D eigenvalue weighted by Gasteiger charge is -2.25. The number of benzene rings is 2. The lowest BCUT2D eigenvalue weighted by atomic mass is 9.98. The Morgan fingerprint density at radius 3 is 2.61 bits per heavy atom. The van der Waals surface area contributed by atoms with E-state index < -0.39 is 35.1 Å². The summed E-state index contributed by atoms with van der Waals surface area (Å²) in [6.07, 6.45) is 2.24. The molecule has 2 aromatic carbocycles. The molecule has 0 aliphatic carbocycles. The van der Waals surface area contributed by atoms with Crippen molar-refractivity contribution in [1.29, 1.82) is 0 Å². The van der Waals surface area contributed by atoms with E-state index in [9.17, 15) is 23.5 Å². The molecule has 1 N–H and O–H groups in total. The van der Waals surface area contributed by atoms with Crippen LogP contribution in [0, 0.1) is 11.6 Å². The average Bonchev–Trinajstić information content (AvgIpc) is 3.08. The van der Waals surface area contributed by atoms with E-state index in [4.69, 9.17) is 4.74 Å². The molecule has 1 unspecified atom stereocenters. The van der Waals surface area contributed by atoms with Crippen molar-refractivity contribution in [2.75, 3.05) is 11.5 Å². The molecule has 0 saturated carbocycles. The molecule has 1 amide bonds. The zero-order chi connectivity index (χ0) is 23.5. The number of amides is 1. The van der Waals surface area contributed by atoms with Gasteiger partial charge in [-0.25, -0.2) is 8.78 Å². The molecule has 2 heterocycles. The van der Waals surface area contributed by atoms with Crippen LogP contribution in [0.15, 0.2) is 72.4 Å². The molecule has 33 heavy (non-hydrogen) atoms. The quantitative estimate of drug-likeness (QED) is 0.332. The van der Waals surface area contributed by atoms with Crippen LogP contribution in [-0.4, -0.2) is 28.4 Å². The average molecular weight is 450 g/mol. The maximum absolute atomic E-state index is 14.7. The van der Waals surface area contributed by atoms with Gasteiger partial charge in [-0.3, -0.25) is 19.5 Å². The van der Waals surface area contributed by atoms with Crippen molar-refractivity contribution in [3.8, 4) is 5.75 Å². The van der Waals surface area contributed by atoms with Crippen molar-refractivity contribution in [2.24, 2.45) is 0 Å². The highest BCUT2D eigenvalue weighted by atomic mass is 19.1. The number of anilines is 1. The third-order valence-electron chi connectivity index (χ3n) is 5.16. The lowest BCUT2D eigenvalue weighted by Crippen LogP contribution is -2.30. The van der Waals surface area contributed by atoms with Gasteiger partial charge < -0.3 is 9.84 Å².